The maximum atomic E-state index is 12.3. The van der Waals surface area contributed by atoms with Crippen LogP contribution in [0.25, 0.3) is 0 Å². The first-order valence-corrected chi connectivity index (χ1v) is 8.54. The molecule has 0 radical (unpaired) electrons. The number of rotatable bonds is 3. The van der Waals surface area contributed by atoms with Gasteiger partial charge in [0.1, 0.15) is 4.21 Å². The summed E-state index contributed by atoms with van der Waals surface area (Å²) >= 11 is 0.820. The Balaban J connectivity index is 2.35. The molecule has 0 aliphatic heterocycles. The van der Waals surface area contributed by atoms with Crippen LogP contribution in [-0.4, -0.2) is 14.3 Å². The van der Waals surface area contributed by atoms with Gasteiger partial charge in [-0.1, -0.05) is 6.07 Å². The number of benzene rings is 1. The highest BCUT2D eigenvalue weighted by Crippen LogP contribution is 2.26. The van der Waals surface area contributed by atoms with Crippen LogP contribution in [0.3, 0.4) is 0 Å². The number of nitrogens with one attached hydrogen (secondary N) is 1. The first-order valence-electron chi connectivity index (χ1n) is 6.17. The number of thiophene rings is 1. The molecule has 1 amide bonds. The maximum Gasteiger partial charge on any atom is 0.266 e. The molecule has 1 aromatic carbocycles. The molecule has 0 bridgehead atoms. The number of hydrogen-bond donors (Lipinski definition) is 2. The summed E-state index contributed by atoms with van der Waals surface area (Å²) < 4.78 is 22.6. The Morgan fingerprint density at radius 1 is 1.27 bits per heavy atom. The summed E-state index contributed by atoms with van der Waals surface area (Å²) in [5.74, 6) is -0.435. The third-order valence-corrected chi connectivity index (χ3v) is 5.65. The van der Waals surface area contributed by atoms with Crippen molar-refractivity contribution < 1.29 is 13.2 Å². The minimum absolute atomic E-state index is 0.0577. The molecule has 2 aromatic rings. The summed E-state index contributed by atoms with van der Waals surface area (Å²) in [6, 6.07) is 8.31. The topological polar surface area (TPSA) is 113 Å². The molecule has 114 valence electrons. The number of amides is 1. The second kappa shape index (κ2) is 5.88. The molecule has 2 rings (SSSR count). The molecule has 0 unspecified atom stereocenters. The summed E-state index contributed by atoms with van der Waals surface area (Å²) in [7, 11) is -3.83. The second-order valence-corrected chi connectivity index (χ2v) is 7.56. The lowest BCUT2D eigenvalue weighted by atomic mass is 10.1. The predicted octanol–water partition coefficient (Wildman–Crippen LogP) is 2.14. The smallest absolute Gasteiger partial charge is 0.266 e. The monoisotopic (exact) mass is 335 g/mol. The van der Waals surface area contributed by atoms with Gasteiger partial charge in [0.15, 0.2) is 0 Å². The van der Waals surface area contributed by atoms with E-state index < -0.39 is 15.9 Å². The molecule has 8 heteroatoms. The van der Waals surface area contributed by atoms with E-state index >= 15 is 0 Å². The molecule has 1 heterocycles. The molecule has 0 fully saturated rings. The molecule has 22 heavy (non-hydrogen) atoms. The Morgan fingerprint density at radius 3 is 2.50 bits per heavy atom. The van der Waals surface area contributed by atoms with Gasteiger partial charge < -0.3 is 5.32 Å². The largest absolute Gasteiger partial charge is 0.321 e. The summed E-state index contributed by atoms with van der Waals surface area (Å²) in [6.07, 6.45) is 0. The fourth-order valence-corrected chi connectivity index (χ4v) is 3.68. The van der Waals surface area contributed by atoms with E-state index in [0.29, 0.717) is 16.8 Å². The van der Waals surface area contributed by atoms with E-state index in [9.17, 15) is 13.2 Å². The highest BCUT2D eigenvalue weighted by molar-refractivity contribution is 7.91. The van der Waals surface area contributed by atoms with Crippen LogP contribution in [0, 0.1) is 25.2 Å². The SMILES string of the molecule is Cc1ccc(C#N)cc1NC(=O)c1sc(S(N)(=O)=O)cc1C. The van der Waals surface area contributed by atoms with Crippen LogP contribution < -0.4 is 10.5 Å². The summed E-state index contributed by atoms with van der Waals surface area (Å²) in [5.41, 5.74) is 2.26. The number of aryl methyl sites for hydroxylation is 2. The quantitative estimate of drug-likeness (QED) is 0.894. The second-order valence-electron chi connectivity index (χ2n) is 4.72. The fourth-order valence-electron chi connectivity index (χ4n) is 1.82. The predicted molar refractivity (Wildman–Crippen MR) is 84.3 cm³/mol. The molecule has 3 N–H and O–H groups in total. The Hall–Kier alpha value is -2.21. The first kappa shape index (κ1) is 16.2. The van der Waals surface area contributed by atoms with E-state index in [0.717, 1.165) is 16.9 Å². The van der Waals surface area contributed by atoms with Gasteiger partial charge in [-0.3, -0.25) is 4.79 Å². The van der Waals surface area contributed by atoms with Crippen molar-refractivity contribution in [3.8, 4) is 6.07 Å². The minimum atomic E-state index is -3.83. The zero-order valence-electron chi connectivity index (χ0n) is 11.9. The lowest BCUT2D eigenvalue weighted by Crippen LogP contribution is -2.12. The van der Waals surface area contributed by atoms with Crippen LogP contribution in [0.2, 0.25) is 0 Å². The lowest BCUT2D eigenvalue weighted by molar-refractivity contribution is 0.103. The van der Waals surface area contributed by atoms with Gasteiger partial charge in [0.2, 0.25) is 10.0 Å². The van der Waals surface area contributed by atoms with Gasteiger partial charge >= 0.3 is 0 Å². The molecular weight excluding hydrogens is 322 g/mol. The molecule has 0 atom stereocenters. The van der Waals surface area contributed by atoms with E-state index in [1.807, 2.05) is 6.07 Å². The minimum Gasteiger partial charge on any atom is -0.321 e. The number of nitrogens with two attached hydrogens (primary N) is 1. The van der Waals surface area contributed by atoms with Crippen molar-refractivity contribution in [1.82, 2.24) is 0 Å². The first-order chi connectivity index (χ1) is 10.2. The molecule has 0 aliphatic rings. The van der Waals surface area contributed by atoms with Gasteiger partial charge in [-0.25, -0.2) is 13.6 Å². The van der Waals surface area contributed by atoms with Crippen LogP contribution in [0.5, 0.6) is 0 Å². The highest BCUT2D eigenvalue weighted by Gasteiger charge is 2.19. The summed E-state index contributed by atoms with van der Waals surface area (Å²) in [6.45, 7) is 3.44. The Labute approximate surface area is 132 Å². The highest BCUT2D eigenvalue weighted by atomic mass is 32.2. The van der Waals surface area contributed by atoms with Gasteiger partial charge in [-0.15, -0.1) is 11.3 Å². The maximum absolute atomic E-state index is 12.3. The van der Waals surface area contributed by atoms with Crippen molar-refractivity contribution in [2.45, 2.75) is 18.1 Å². The Kier molecular flexibility index (Phi) is 4.32. The normalized spacial score (nSPS) is 11.0. The summed E-state index contributed by atoms with van der Waals surface area (Å²) in [5, 5.41) is 16.7. The Morgan fingerprint density at radius 2 is 1.95 bits per heavy atom. The van der Waals surface area contributed by atoms with Crippen LogP contribution in [0.1, 0.15) is 26.4 Å². The summed E-state index contributed by atoms with van der Waals surface area (Å²) in [4.78, 5) is 12.6. The van der Waals surface area contributed by atoms with Gasteiger partial charge in [0, 0.05) is 5.69 Å². The number of nitrogens with zero attached hydrogens (tertiary/aromatic N) is 1. The zero-order chi connectivity index (χ0) is 16.5. The number of nitriles is 1. The third-order valence-electron chi connectivity index (χ3n) is 3.00. The molecule has 1 aromatic heterocycles. The van der Waals surface area contributed by atoms with E-state index in [1.54, 1.807) is 32.0 Å². The number of carbonyl (C=O) groups is 1. The molecule has 6 nitrogen and oxygen atoms in total. The number of primary sulfonamides is 1. The molecule has 0 saturated heterocycles. The molecule has 0 saturated carbocycles. The average molecular weight is 335 g/mol. The number of anilines is 1. The van der Waals surface area contributed by atoms with E-state index in [2.05, 4.69) is 5.32 Å². The number of carbonyl (C=O) groups excluding carboxylic acids is 1. The van der Waals surface area contributed by atoms with Crippen molar-refractivity contribution in [2.24, 2.45) is 5.14 Å². The number of sulfonamides is 1. The van der Waals surface area contributed by atoms with Gasteiger partial charge in [-0.2, -0.15) is 5.26 Å². The van der Waals surface area contributed by atoms with Crippen molar-refractivity contribution in [3.05, 3.63) is 45.8 Å². The molecule has 0 spiro atoms. The van der Waals surface area contributed by atoms with E-state index in [4.69, 9.17) is 10.4 Å². The zero-order valence-corrected chi connectivity index (χ0v) is 13.5. The van der Waals surface area contributed by atoms with Gasteiger partial charge in [0.05, 0.1) is 16.5 Å². The fraction of sp³-hybridized carbons (Fsp3) is 0.143. The van der Waals surface area contributed by atoms with E-state index in [-0.39, 0.29) is 9.09 Å². The van der Waals surface area contributed by atoms with Crippen LogP contribution in [0.15, 0.2) is 28.5 Å². The van der Waals surface area contributed by atoms with Gasteiger partial charge in [-0.05, 0) is 43.2 Å². The van der Waals surface area contributed by atoms with Crippen LogP contribution in [0.4, 0.5) is 5.69 Å². The number of hydrogen-bond acceptors (Lipinski definition) is 5. The van der Waals surface area contributed by atoms with Crippen LogP contribution in [-0.2, 0) is 10.0 Å². The van der Waals surface area contributed by atoms with Crippen molar-refractivity contribution >= 4 is 33.0 Å². The third kappa shape index (κ3) is 3.33. The Bertz CT molecular complexity index is 893. The van der Waals surface area contributed by atoms with Crippen molar-refractivity contribution in [1.29, 1.82) is 5.26 Å². The van der Waals surface area contributed by atoms with Crippen LogP contribution >= 0.6 is 11.3 Å². The molecular formula is C14H13N3O3S2. The molecule has 0 aliphatic carbocycles. The van der Waals surface area contributed by atoms with E-state index in [1.165, 1.54) is 6.07 Å². The lowest BCUT2D eigenvalue weighted by Gasteiger charge is -2.08. The average Bonchev–Trinajstić information content (AvgIpc) is 2.83. The van der Waals surface area contributed by atoms with Crippen molar-refractivity contribution in [3.63, 3.8) is 0 Å². The van der Waals surface area contributed by atoms with Gasteiger partial charge in [0.25, 0.3) is 5.91 Å². The van der Waals surface area contributed by atoms with Crippen molar-refractivity contribution in [2.75, 3.05) is 5.32 Å². The standard InChI is InChI=1S/C14H13N3O3S2/c1-8-3-4-10(7-15)6-11(8)17-14(18)13-9(2)5-12(21-13)22(16,19)20/h3-6H,1-2H3,(H,17,18)(H2,16,19,20).